The average molecular weight is 351 g/mol. The fourth-order valence-corrected chi connectivity index (χ4v) is 6.01. The van der Waals surface area contributed by atoms with E-state index >= 15 is 0 Å². The molecule has 1 aromatic heterocycles. The molecule has 1 fully saturated rings. The smallest absolute Gasteiger partial charge is 0.252 e. The highest BCUT2D eigenvalue weighted by molar-refractivity contribution is 7.91. The lowest BCUT2D eigenvalue weighted by Crippen LogP contribution is -2.57. The summed E-state index contributed by atoms with van der Waals surface area (Å²) < 4.78 is 27.3. The van der Waals surface area contributed by atoms with Gasteiger partial charge >= 0.3 is 0 Å². The molecule has 0 unspecified atom stereocenters. The van der Waals surface area contributed by atoms with Crippen LogP contribution < -0.4 is 0 Å². The quantitative estimate of drug-likeness (QED) is 0.741. The summed E-state index contributed by atoms with van der Waals surface area (Å²) in [7, 11) is 2.30. The van der Waals surface area contributed by atoms with Gasteiger partial charge in [-0.25, -0.2) is 8.42 Å². The third-order valence-electron chi connectivity index (χ3n) is 4.53. The van der Waals surface area contributed by atoms with Gasteiger partial charge in [0.05, 0.1) is 5.88 Å². The summed E-state index contributed by atoms with van der Waals surface area (Å²) in [4.78, 5) is 3.08. The maximum Gasteiger partial charge on any atom is 0.252 e. The van der Waals surface area contributed by atoms with Crippen molar-refractivity contribution in [1.29, 1.82) is 0 Å². The van der Waals surface area contributed by atoms with Gasteiger partial charge in [0.25, 0.3) is 10.0 Å². The van der Waals surface area contributed by atoms with Crippen molar-refractivity contribution in [2.75, 3.05) is 27.7 Å². The first-order valence-electron chi connectivity index (χ1n) is 7.02. The largest absolute Gasteiger partial charge is 0.302 e. The third kappa shape index (κ3) is 3.15. The molecule has 0 amide bonds. The van der Waals surface area contributed by atoms with Crippen LogP contribution >= 0.6 is 22.9 Å². The van der Waals surface area contributed by atoms with Gasteiger partial charge < -0.3 is 4.90 Å². The Morgan fingerprint density at radius 3 is 2.33 bits per heavy atom. The van der Waals surface area contributed by atoms with Crippen molar-refractivity contribution in [3.8, 4) is 0 Å². The third-order valence-corrected chi connectivity index (χ3v) is 8.45. The molecule has 0 radical (unpaired) electrons. The summed E-state index contributed by atoms with van der Waals surface area (Å²) in [6.45, 7) is 2.44. The van der Waals surface area contributed by atoms with E-state index in [4.69, 9.17) is 11.6 Å². The van der Waals surface area contributed by atoms with E-state index in [9.17, 15) is 8.42 Å². The van der Waals surface area contributed by atoms with Crippen LogP contribution in [-0.4, -0.2) is 50.8 Å². The first-order chi connectivity index (χ1) is 9.73. The highest BCUT2D eigenvalue weighted by atomic mass is 35.5. The van der Waals surface area contributed by atoms with Crippen LogP contribution in [0.5, 0.6) is 0 Å². The standard InChI is InChI=1S/C14H23ClN2O2S2/c1-11-8-13(20-12(11)9-15)21(18,19)17(4)10-14(16(2)3)6-5-7-14/h8H,5-7,9-10H2,1-4H3. The number of nitrogens with zero attached hydrogens (tertiary/aromatic N) is 2. The molecule has 0 atom stereocenters. The molecular formula is C14H23ClN2O2S2. The minimum absolute atomic E-state index is 0.0105. The molecule has 7 heteroatoms. The SMILES string of the molecule is Cc1cc(S(=O)(=O)N(C)CC2(N(C)C)CCC2)sc1CCl. The molecule has 1 aliphatic rings. The van der Waals surface area contributed by atoms with E-state index in [1.165, 1.54) is 22.1 Å². The monoisotopic (exact) mass is 350 g/mol. The van der Waals surface area contributed by atoms with Crippen molar-refractivity contribution < 1.29 is 8.42 Å². The Hall–Kier alpha value is -0.140. The fraction of sp³-hybridized carbons (Fsp3) is 0.714. The Kier molecular flexibility index (Phi) is 5.05. The zero-order chi connectivity index (χ0) is 15.8. The van der Waals surface area contributed by atoms with Crippen LogP contribution in [0.1, 0.15) is 29.7 Å². The van der Waals surface area contributed by atoms with Gasteiger partial charge in [-0.05, 0) is 51.9 Å². The number of halogens is 1. The van der Waals surface area contributed by atoms with Crippen molar-refractivity contribution in [2.24, 2.45) is 0 Å². The fourth-order valence-electron chi connectivity index (χ4n) is 2.73. The predicted molar refractivity (Wildman–Crippen MR) is 88.7 cm³/mol. The molecule has 21 heavy (non-hydrogen) atoms. The Bertz CT molecular complexity index is 606. The Labute approximate surface area is 136 Å². The van der Waals surface area contributed by atoms with E-state index < -0.39 is 10.0 Å². The molecule has 0 saturated heterocycles. The molecule has 1 heterocycles. The number of hydrogen-bond acceptors (Lipinski definition) is 4. The predicted octanol–water partition coefficient (Wildman–Crippen LogP) is 2.90. The normalized spacial score (nSPS) is 18.2. The van der Waals surface area contributed by atoms with E-state index in [0.717, 1.165) is 23.3 Å². The lowest BCUT2D eigenvalue weighted by molar-refractivity contribution is 0.0455. The molecule has 1 aliphatic carbocycles. The molecule has 1 saturated carbocycles. The zero-order valence-electron chi connectivity index (χ0n) is 13.0. The molecule has 120 valence electrons. The Morgan fingerprint density at radius 1 is 1.33 bits per heavy atom. The maximum absolute atomic E-state index is 12.7. The van der Waals surface area contributed by atoms with Crippen LogP contribution in [0.2, 0.25) is 0 Å². The molecule has 0 aliphatic heterocycles. The van der Waals surface area contributed by atoms with Crippen molar-refractivity contribution in [3.63, 3.8) is 0 Å². The van der Waals surface area contributed by atoms with Crippen LogP contribution in [0.4, 0.5) is 0 Å². The van der Waals surface area contributed by atoms with Crippen molar-refractivity contribution in [2.45, 2.75) is 41.8 Å². The number of rotatable bonds is 6. The molecule has 0 aromatic carbocycles. The average Bonchev–Trinajstić information content (AvgIpc) is 2.74. The number of likely N-dealkylation sites (N-methyl/N-ethyl adjacent to an activating group) is 2. The van der Waals surface area contributed by atoms with Crippen LogP contribution in [0, 0.1) is 6.92 Å². The number of alkyl halides is 1. The number of sulfonamides is 1. The van der Waals surface area contributed by atoms with Gasteiger partial charge in [0.15, 0.2) is 0 Å². The van der Waals surface area contributed by atoms with Crippen LogP contribution in [0.15, 0.2) is 10.3 Å². The molecule has 0 bridgehead atoms. The van der Waals surface area contributed by atoms with Crippen LogP contribution in [0.3, 0.4) is 0 Å². The van der Waals surface area contributed by atoms with Gasteiger partial charge in [-0.3, -0.25) is 0 Å². The van der Waals surface area contributed by atoms with Gasteiger partial charge in [0.2, 0.25) is 0 Å². The van der Waals surface area contributed by atoms with Gasteiger partial charge in [-0.1, -0.05) is 0 Å². The molecule has 2 rings (SSSR count). The number of thiophene rings is 1. The molecular weight excluding hydrogens is 328 g/mol. The van der Waals surface area contributed by atoms with Crippen molar-refractivity contribution >= 4 is 33.0 Å². The highest BCUT2D eigenvalue weighted by Gasteiger charge is 2.42. The lowest BCUT2D eigenvalue weighted by Gasteiger charge is -2.48. The number of aryl methyl sites for hydroxylation is 1. The lowest BCUT2D eigenvalue weighted by atomic mass is 9.75. The molecule has 1 aromatic rings. The second-order valence-electron chi connectivity index (χ2n) is 6.04. The minimum Gasteiger partial charge on any atom is -0.302 e. The van der Waals surface area contributed by atoms with Gasteiger partial charge in [-0.15, -0.1) is 22.9 Å². The van der Waals surface area contributed by atoms with E-state index in [1.54, 1.807) is 13.1 Å². The van der Waals surface area contributed by atoms with Crippen LogP contribution in [-0.2, 0) is 15.9 Å². The zero-order valence-corrected chi connectivity index (χ0v) is 15.4. The molecule has 0 N–H and O–H groups in total. The Balaban J connectivity index is 2.22. The first kappa shape index (κ1) is 17.2. The maximum atomic E-state index is 12.7. The summed E-state index contributed by atoms with van der Waals surface area (Å²) in [5.74, 6) is 0.359. The summed E-state index contributed by atoms with van der Waals surface area (Å²) in [5.41, 5.74) is 0.941. The van der Waals surface area contributed by atoms with E-state index in [-0.39, 0.29) is 5.54 Å². The summed E-state index contributed by atoms with van der Waals surface area (Å²) in [6, 6.07) is 1.73. The Morgan fingerprint density at radius 2 is 1.95 bits per heavy atom. The number of hydrogen-bond donors (Lipinski definition) is 0. The van der Waals surface area contributed by atoms with E-state index in [2.05, 4.69) is 4.90 Å². The second-order valence-corrected chi connectivity index (χ2v) is 9.71. The van der Waals surface area contributed by atoms with Crippen LogP contribution in [0.25, 0.3) is 0 Å². The molecule has 0 spiro atoms. The summed E-state index contributed by atoms with van der Waals surface area (Å²) >= 11 is 7.13. The van der Waals surface area contributed by atoms with E-state index in [0.29, 0.717) is 16.6 Å². The van der Waals surface area contributed by atoms with Crippen molar-refractivity contribution in [1.82, 2.24) is 9.21 Å². The van der Waals surface area contributed by atoms with Crippen molar-refractivity contribution in [3.05, 3.63) is 16.5 Å². The second kappa shape index (κ2) is 6.16. The minimum atomic E-state index is -3.43. The first-order valence-corrected chi connectivity index (χ1v) is 9.81. The van der Waals surface area contributed by atoms with Gasteiger partial charge in [0, 0.05) is 24.0 Å². The van der Waals surface area contributed by atoms with Gasteiger partial charge in [0.1, 0.15) is 4.21 Å². The summed E-state index contributed by atoms with van der Waals surface area (Å²) in [6.07, 6.45) is 3.27. The summed E-state index contributed by atoms with van der Waals surface area (Å²) in [5, 5.41) is 0. The van der Waals surface area contributed by atoms with E-state index in [1.807, 2.05) is 21.0 Å². The van der Waals surface area contributed by atoms with Gasteiger partial charge in [-0.2, -0.15) is 4.31 Å². The topological polar surface area (TPSA) is 40.6 Å². The highest BCUT2D eigenvalue weighted by Crippen LogP contribution is 2.38. The molecule has 4 nitrogen and oxygen atoms in total.